The maximum Gasteiger partial charge on any atom is 0.272 e. The zero-order valence-electron chi connectivity index (χ0n) is 12.5. The van der Waals surface area contributed by atoms with Crippen molar-refractivity contribution < 1.29 is 4.79 Å². The maximum atomic E-state index is 12.2. The summed E-state index contributed by atoms with van der Waals surface area (Å²) in [6.45, 7) is 2.21. The molecule has 0 fully saturated rings. The van der Waals surface area contributed by atoms with Crippen molar-refractivity contribution in [1.82, 2.24) is 4.57 Å². The first-order chi connectivity index (χ1) is 10.1. The van der Waals surface area contributed by atoms with Gasteiger partial charge in [0.25, 0.3) is 5.91 Å². The van der Waals surface area contributed by atoms with Gasteiger partial charge in [-0.25, -0.2) is 0 Å². The quantitative estimate of drug-likeness (QED) is 0.749. The van der Waals surface area contributed by atoms with Gasteiger partial charge >= 0.3 is 0 Å². The van der Waals surface area contributed by atoms with Gasteiger partial charge in [0.05, 0.1) is 0 Å². The van der Waals surface area contributed by atoms with E-state index in [1.165, 1.54) is 24.8 Å². The first-order valence-corrected chi connectivity index (χ1v) is 8.11. The molecule has 0 saturated carbocycles. The topological polar surface area (TPSA) is 34.0 Å². The number of carbonyl (C=O) groups excluding carboxylic acids is 1. The van der Waals surface area contributed by atoms with E-state index >= 15 is 0 Å². The lowest BCUT2D eigenvalue weighted by Gasteiger charge is -2.07. The summed E-state index contributed by atoms with van der Waals surface area (Å²) in [5, 5.41) is 2.93. The Morgan fingerprint density at radius 2 is 1.95 bits per heavy atom. The smallest absolute Gasteiger partial charge is 0.272 e. The second kappa shape index (κ2) is 7.46. The summed E-state index contributed by atoms with van der Waals surface area (Å²) in [5.41, 5.74) is 2.79. The van der Waals surface area contributed by atoms with Gasteiger partial charge in [0.2, 0.25) is 0 Å². The summed E-state index contributed by atoms with van der Waals surface area (Å²) >= 11 is 3.38. The van der Waals surface area contributed by atoms with E-state index in [0.717, 1.165) is 16.6 Å². The summed E-state index contributed by atoms with van der Waals surface area (Å²) in [5.74, 6) is -0.0954. The SMILES string of the molecule is CCCCCc1ccc(NC(=O)c2cc(Br)cn2C)cc1. The fourth-order valence-corrected chi connectivity index (χ4v) is 2.80. The van der Waals surface area contributed by atoms with Gasteiger partial charge in [-0.3, -0.25) is 4.79 Å². The molecule has 1 aromatic heterocycles. The maximum absolute atomic E-state index is 12.2. The third-order valence-corrected chi connectivity index (χ3v) is 3.92. The van der Waals surface area contributed by atoms with Crippen LogP contribution in [-0.2, 0) is 13.5 Å². The predicted molar refractivity (Wildman–Crippen MR) is 90.7 cm³/mol. The Hall–Kier alpha value is -1.55. The molecular weight excluding hydrogens is 328 g/mol. The molecule has 0 bridgehead atoms. The Labute approximate surface area is 134 Å². The number of unbranched alkanes of at least 4 members (excludes halogenated alkanes) is 2. The van der Waals surface area contributed by atoms with Crippen LogP contribution in [0.4, 0.5) is 5.69 Å². The van der Waals surface area contributed by atoms with Crippen LogP contribution >= 0.6 is 15.9 Å². The van der Waals surface area contributed by atoms with Crippen LogP contribution in [0.3, 0.4) is 0 Å². The highest BCUT2D eigenvalue weighted by molar-refractivity contribution is 9.10. The van der Waals surface area contributed by atoms with E-state index in [2.05, 4.69) is 40.3 Å². The molecule has 3 nitrogen and oxygen atoms in total. The number of nitrogens with zero attached hydrogens (tertiary/aromatic N) is 1. The Morgan fingerprint density at radius 1 is 1.24 bits per heavy atom. The molecule has 1 N–H and O–H groups in total. The summed E-state index contributed by atoms with van der Waals surface area (Å²) in [6, 6.07) is 9.93. The summed E-state index contributed by atoms with van der Waals surface area (Å²) < 4.78 is 2.71. The van der Waals surface area contributed by atoms with Crippen molar-refractivity contribution in [2.45, 2.75) is 32.6 Å². The third-order valence-electron chi connectivity index (χ3n) is 3.49. The van der Waals surface area contributed by atoms with Gasteiger partial charge in [0.15, 0.2) is 0 Å². The monoisotopic (exact) mass is 348 g/mol. The average Bonchev–Trinajstić information content (AvgIpc) is 2.80. The molecule has 0 radical (unpaired) electrons. The molecule has 0 aliphatic heterocycles. The van der Waals surface area contributed by atoms with Crippen molar-refractivity contribution in [2.24, 2.45) is 7.05 Å². The molecule has 1 amide bonds. The highest BCUT2D eigenvalue weighted by Crippen LogP contribution is 2.17. The van der Waals surface area contributed by atoms with E-state index in [1.807, 2.05) is 31.4 Å². The Balaban J connectivity index is 1.96. The van der Waals surface area contributed by atoms with Crippen LogP contribution in [0.15, 0.2) is 41.0 Å². The number of anilines is 1. The van der Waals surface area contributed by atoms with Crippen LogP contribution in [-0.4, -0.2) is 10.5 Å². The van der Waals surface area contributed by atoms with Crippen molar-refractivity contribution in [3.8, 4) is 0 Å². The van der Waals surface area contributed by atoms with Gasteiger partial charge in [-0.1, -0.05) is 31.9 Å². The highest BCUT2D eigenvalue weighted by atomic mass is 79.9. The molecule has 0 spiro atoms. The molecule has 2 aromatic rings. The van der Waals surface area contributed by atoms with Gasteiger partial charge in [-0.2, -0.15) is 0 Å². The van der Waals surface area contributed by atoms with Crippen LogP contribution in [0.5, 0.6) is 0 Å². The normalized spacial score (nSPS) is 10.6. The van der Waals surface area contributed by atoms with Crippen LogP contribution in [0.1, 0.15) is 42.2 Å². The standard InChI is InChI=1S/C17H21BrN2O/c1-3-4-5-6-13-7-9-15(10-8-13)19-17(21)16-11-14(18)12-20(16)2/h7-12H,3-6H2,1-2H3,(H,19,21). The van der Waals surface area contributed by atoms with Crippen LogP contribution in [0, 0.1) is 0 Å². The summed E-state index contributed by atoms with van der Waals surface area (Å²) in [6.07, 6.45) is 6.69. The van der Waals surface area contributed by atoms with Crippen molar-refractivity contribution >= 4 is 27.5 Å². The Kier molecular flexibility index (Phi) is 5.62. The van der Waals surface area contributed by atoms with E-state index < -0.39 is 0 Å². The molecular formula is C17H21BrN2O. The van der Waals surface area contributed by atoms with E-state index in [0.29, 0.717) is 5.69 Å². The zero-order chi connectivity index (χ0) is 15.2. The van der Waals surface area contributed by atoms with Crippen molar-refractivity contribution in [2.75, 3.05) is 5.32 Å². The van der Waals surface area contributed by atoms with E-state index in [1.54, 1.807) is 4.57 Å². The van der Waals surface area contributed by atoms with E-state index in [4.69, 9.17) is 0 Å². The fraction of sp³-hybridized carbons (Fsp3) is 0.353. The minimum Gasteiger partial charge on any atom is -0.345 e. The molecule has 0 aliphatic rings. The summed E-state index contributed by atoms with van der Waals surface area (Å²) in [7, 11) is 1.86. The first kappa shape index (κ1) is 15.8. The molecule has 0 unspecified atom stereocenters. The number of rotatable bonds is 6. The molecule has 1 aromatic carbocycles. The second-order valence-corrected chi connectivity index (χ2v) is 6.18. The average molecular weight is 349 g/mol. The van der Waals surface area contributed by atoms with Gasteiger partial charge in [-0.05, 0) is 52.5 Å². The number of benzene rings is 1. The molecule has 1 heterocycles. The van der Waals surface area contributed by atoms with Crippen LogP contribution in [0.2, 0.25) is 0 Å². The second-order valence-electron chi connectivity index (χ2n) is 5.26. The molecule has 21 heavy (non-hydrogen) atoms. The van der Waals surface area contributed by atoms with E-state index in [9.17, 15) is 4.79 Å². The number of hydrogen-bond acceptors (Lipinski definition) is 1. The summed E-state index contributed by atoms with van der Waals surface area (Å²) in [4.78, 5) is 12.2. The number of amides is 1. The highest BCUT2D eigenvalue weighted by Gasteiger charge is 2.11. The van der Waals surface area contributed by atoms with Crippen molar-refractivity contribution in [3.63, 3.8) is 0 Å². The van der Waals surface area contributed by atoms with Crippen LogP contribution in [0.25, 0.3) is 0 Å². The lowest BCUT2D eigenvalue weighted by Crippen LogP contribution is -2.15. The number of carbonyl (C=O) groups is 1. The number of halogens is 1. The van der Waals surface area contributed by atoms with E-state index in [-0.39, 0.29) is 5.91 Å². The Bertz CT molecular complexity index is 602. The molecule has 112 valence electrons. The van der Waals surface area contributed by atoms with Gasteiger partial charge < -0.3 is 9.88 Å². The fourth-order valence-electron chi connectivity index (χ4n) is 2.28. The van der Waals surface area contributed by atoms with Crippen LogP contribution < -0.4 is 5.32 Å². The molecule has 4 heteroatoms. The van der Waals surface area contributed by atoms with Gasteiger partial charge in [0.1, 0.15) is 5.69 Å². The number of nitrogens with one attached hydrogen (secondary N) is 1. The molecule has 0 saturated heterocycles. The predicted octanol–water partition coefficient (Wildman–Crippen LogP) is 4.77. The van der Waals surface area contributed by atoms with Crippen molar-refractivity contribution in [1.29, 1.82) is 0 Å². The first-order valence-electron chi connectivity index (χ1n) is 7.32. The Morgan fingerprint density at radius 3 is 2.52 bits per heavy atom. The minimum atomic E-state index is -0.0954. The third kappa shape index (κ3) is 4.46. The molecule has 2 rings (SSSR count). The number of aromatic nitrogens is 1. The zero-order valence-corrected chi connectivity index (χ0v) is 14.1. The lowest BCUT2D eigenvalue weighted by molar-refractivity contribution is 0.101. The molecule has 0 aliphatic carbocycles. The largest absolute Gasteiger partial charge is 0.345 e. The number of hydrogen-bond donors (Lipinski definition) is 1. The van der Waals surface area contributed by atoms with Crippen molar-refractivity contribution in [3.05, 3.63) is 52.3 Å². The molecule has 0 atom stereocenters. The minimum absolute atomic E-state index is 0.0954. The van der Waals surface area contributed by atoms with Gasteiger partial charge in [0, 0.05) is 23.4 Å². The number of aryl methyl sites for hydroxylation is 2. The lowest BCUT2D eigenvalue weighted by atomic mass is 10.1. The van der Waals surface area contributed by atoms with Gasteiger partial charge in [-0.15, -0.1) is 0 Å².